The molecule has 33 heavy (non-hydrogen) atoms. The molecule has 0 saturated carbocycles. The molecule has 10 heteroatoms. The number of rotatable bonds is 5. The molecule has 3 aromatic rings. The Morgan fingerprint density at radius 1 is 1.03 bits per heavy atom. The van der Waals surface area contributed by atoms with Gasteiger partial charge in [0.25, 0.3) is 0 Å². The summed E-state index contributed by atoms with van der Waals surface area (Å²) in [6, 6.07) is 8.44. The van der Waals surface area contributed by atoms with Crippen LogP contribution in [-0.4, -0.2) is 84.9 Å². The van der Waals surface area contributed by atoms with Crippen molar-refractivity contribution in [2.45, 2.75) is 56.9 Å². The molecule has 0 radical (unpaired) electrons. The zero-order valence-electron chi connectivity index (χ0n) is 19.1. The minimum Gasteiger partial charge on any atom is -0.378 e. The highest BCUT2D eigenvalue weighted by atomic mass is 32.2. The highest BCUT2D eigenvalue weighted by molar-refractivity contribution is 7.99. The minimum atomic E-state index is 0.0760. The van der Waals surface area contributed by atoms with E-state index in [1.54, 1.807) is 0 Å². The molecule has 176 valence electrons. The number of aromatic nitrogens is 4. The average molecular weight is 471 g/mol. The number of likely N-dealkylation sites (tertiary alicyclic amines) is 1. The van der Waals surface area contributed by atoms with Crippen LogP contribution < -0.4 is 0 Å². The number of amides is 2. The van der Waals surface area contributed by atoms with Gasteiger partial charge in [0.15, 0.2) is 5.16 Å². The van der Waals surface area contributed by atoms with Gasteiger partial charge in [0.05, 0.1) is 30.0 Å². The quantitative estimate of drug-likeness (QED) is 0.533. The van der Waals surface area contributed by atoms with Crippen LogP contribution in [-0.2, 0) is 20.9 Å². The lowest BCUT2D eigenvalue weighted by Crippen LogP contribution is -2.48. The fraction of sp³-hybridized carbons (Fsp3) is 0.565. The first-order valence-electron chi connectivity index (χ1n) is 11.7. The Morgan fingerprint density at radius 3 is 2.45 bits per heavy atom. The van der Waals surface area contributed by atoms with Gasteiger partial charge in [-0.3, -0.25) is 18.6 Å². The Labute approximate surface area is 197 Å². The lowest BCUT2D eigenvalue weighted by molar-refractivity contribution is -0.137. The lowest BCUT2D eigenvalue weighted by Gasteiger charge is -2.39. The zero-order valence-corrected chi connectivity index (χ0v) is 20.0. The van der Waals surface area contributed by atoms with E-state index in [1.807, 2.05) is 43.0 Å². The van der Waals surface area contributed by atoms with E-state index >= 15 is 0 Å². The topological polar surface area (TPSA) is 85.0 Å². The first kappa shape index (κ1) is 22.2. The van der Waals surface area contributed by atoms with Crippen molar-refractivity contribution in [2.24, 2.45) is 0 Å². The van der Waals surface area contributed by atoms with Crippen molar-refractivity contribution in [1.82, 2.24) is 29.0 Å². The number of ether oxygens (including phenoxy) is 1. The largest absolute Gasteiger partial charge is 0.378 e. The molecule has 1 aromatic carbocycles. The second-order valence-corrected chi connectivity index (χ2v) is 9.85. The van der Waals surface area contributed by atoms with Gasteiger partial charge in [0.1, 0.15) is 6.54 Å². The molecule has 2 aromatic heterocycles. The maximum Gasteiger partial charge on any atom is 0.243 e. The number of fused-ring (bicyclic) bond motifs is 3. The third kappa shape index (κ3) is 4.21. The van der Waals surface area contributed by atoms with Crippen LogP contribution in [0.5, 0.6) is 0 Å². The van der Waals surface area contributed by atoms with E-state index in [-0.39, 0.29) is 30.4 Å². The van der Waals surface area contributed by atoms with Crippen molar-refractivity contribution >= 4 is 40.4 Å². The Bertz CT molecular complexity index is 1160. The molecular formula is C23H30N6O3S. The summed E-state index contributed by atoms with van der Waals surface area (Å²) >= 11 is 1.38. The van der Waals surface area contributed by atoms with Gasteiger partial charge in [-0.05, 0) is 45.2 Å². The number of para-hydroxylation sites is 2. The molecule has 2 atom stereocenters. The Balaban J connectivity index is 1.42. The number of carbonyl (C=O) groups excluding carboxylic acids is 2. The van der Waals surface area contributed by atoms with E-state index in [9.17, 15) is 9.59 Å². The molecule has 4 heterocycles. The van der Waals surface area contributed by atoms with Gasteiger partial charge in [-0.15, -0.1) is 10.2 Å². The number of morpholine rings is 1. The van der Waals surface area contributed by atoms with Gasteiger partial charge in [0.2, 0.25) is 17.6 Å². The highest BCUT2D eigenvalue weighted by Gasteiger charge is 2.30. The van der Waals surface area contributed by atoms with Gasteiger partial charge >= 0.3 is 0 Å². The van der Waals surface area contributed by atoms with Crippen molar-refractivity contribution in [3.63, 3.8) is 0 Å². The van der Waals surface area contributed by atoms with E-state index in [4.69, 9.17) is 4.74 Å². The van der Waals surface area contributed by atoms with Crippen molar-refractivity contribution in [2.75, 3.05) is 32.1 Å². The Hall–Kier alpha value is -2.59. The molecule has 2 aliphatic rings. The van der Waals surface area contributed by atoms with Crippen LogP contribution in [0.2, 0.25) is 0 Å². The van der Waals surface area contributed by atoms with Crippen molar-refractivity contribution in [1.29, 1.82) is 0 Å². The maximum absolute atomic E-state index is 13.4. The number of carbonyl (C=O) groups is 2. The predicted molar refractivity (Wildman–Crippen MR) is 126 cm³/mol. The van der Waals surface area contributed by atoms with Crippen LogP contribution in [0.1, 0.15) is 33.1 Å². The molecule has 0 bridgehead atoms. The van der Waals surface area contributed by atoms with Crippen LogP contribution >= 0.6 is 11.8 Å². The molecule has 0 aliphatic carbocycles. The summed E-state index contributed by atoms with van der Waals surface area (Å²) in [6.45, 7) is 6.92. The van der Waals surface area contributed by atoms with Crippen LogP contribution in [0.4, 0.5) is 0 Å². The molecule has 2 amide bonds. The SMILES string of the molecule is C[C@@H]1CCC[C@@H](C)N1C(=O)Cn1c2ccccc2n2c(SCC(=O)N3CCOCC3)nnc12. The van der Waals surface area contributed by atoms with Gasteiger partial charge in [-0.2, -0.15) is 0 Å². The van der Waals surface area contributed by atoms with Crippen LogP contribution in [0.15, 0.2) is 29.4 Å². The fourth-order valence-electron chi connectivity index (χ4n) is 5.05. The summed E-state index contributed by atoms with van der Waals surface area (Å²) in [5.74, 6) is 1.11. The van der Waals surface area contributed by atoms with Crippen LogP contribution in [0.3, 0.4) is 0 Å². The van der Waals surface area contributed by atoms with Gasteiger partial charge in [-0.25, -0.2) is 0 Å². The monoisotopic (exact) mass is 470 g/mol. The number of thioether (sulfide) groups is 1. The maximum atomic E-state index is 13.4. The third-order valence-electron chi connectivity index (χ3n) is 6.73. The fourth-order valence-corrected chi connectivity index (χ4v) is 5.89. The molecule has 2 saturated heterocycles. The van der Waals surface area contributed by atoms with Crippen molar-refractivity contribution in [3.05, 3.63) is 24.3 Å². The molecule has 0 N–H and O–H groups in total. The number of imidazole rings is 1. The highest BCUT2D eigenvalue weighted by Crippen LogP contribution is 2.28. The second kappa shape index (κ2) is 9.34. The predicted octanol–water partition coefficient (Wildman–Crippen LogP) is 2.42. The normalized spacial score (nSPS) is 21.8. The number of nitrogens with zero attached hydrogens (tertiary/aromatic N) is 6. The smallest absolute Gasteiger partial charge is 0.243 e. The van der Waals surface area contributed by atoms with Gasteiger partial charge in [0, 0.05) is 25.2 Å². The van der Waals surface area contributed by atoms with E-state index < -0.39 is 0 Å². The van der Waals surface area contributed by atoms with Gasteiger partial charge in [-0.1, -0.05) is 23.9 Å². The molecular weight excluding hydrogens is 440 g/mol. The summed E-state index contributed by atoms with van der Waals surface area (Å²) in [4.78, 5) is 29.8. The van der Waals surface area contributed by atoms with E-state index in [0.29, 0.717) is 43.0 Å². The lowest BCUT2D eigenvalue weighted by atomic mass is 9.97. The summed E-state index contributed by atoms with van der Waals surface area (Å²) in [7, 11) is 0. The molecule has 0 unspecified atom stereocenters. The number of hydrogen-bond donors (Lipinski definition) is 0. The van der Waals surface area contributed by atoms with E-state index in [1.165, 1.54) is 11.8 Å². The number of benzene rings is 1. The summed E-state index contributed by atoms with van der Waals surface area (Å²) in [5, 5.41) is 9.45. The average Bonchev–Trinajstić information content (AvgIpc) is 3.37. The Kier molecular flexibility index (Phi) is 6.29. The minimum absolute atomic E-state index is 0.0760. The zero-order chi connectivity index (χ0) is 22.9. The molecule has 2 aliphatic heterocycles. The van der Waals surface area contributed by atoms with Crippen LogP contribution in [0.25, 0.3) is 16.8 Å². The number of hydrogen-bond acceptors (Lipinski definition) is 6. The Morgan fingerprint density at radius 2 is 1.73 bits per heavy atom. The molecule has 0 spiro atoms. The van der Waals surface area contributed by atoms with Crippen molar-refractivity contribution in [3.8, 4) is 0 Å². The van der Waals surface area contributed by atoms with Crippen molar-refractivity contribution < 1.29 is 14.3 Å². The third-order valence-corrected chi connectivity index (χ3v) is 7.65. The van der Waals surface area contributed by atoms with E-state index in [0.717, 1.165) is 30.3 Å². The number of piperidine rings is 1. The molecule has 9 nitrogen and oxygen atoms in total. The standard InChI is InChI=1S/C23H30N6O3S/c1-16-6-5-7-17(2)28(16)20(30)14-27-18-8-3-4-9-19(18)29-22(27)24-25-23(29)33-15-21(31)26-10-12-32-13-11-26/h3-4,8-9,16-17H,5-7,10-15H2,1-2H3/t16-,17-/m1/s1. The molecule has 5 rings (SSSR count). The van der Waals surface area contributed by atoms with Crippen LogP contribution in [0, 0.1) is 0 Å². The summed E-state index contributed by atoms with van der Waals surface area (Å²) in [5.41, 5.74) is 1.88. The second-order valence-electron chi connectivity index (χ2n) is 8.90. The summed E-state index contributed by atoms with van der Waals surface area (Å²) in [6.07, 6.45) is 3.25. The van der Waals surface area contributed by atoms with E-state index in [2.05, 4.69) is 24.0 Å². The first-order valence-corrected chi connectivity index (χ1v) is 12.6. The van der Waals surface area contributed by atoms with Gasteiger partial charge < -0.3 is 14.5 Å². The summed E-state index contributed by atoms with van der Waals surface area (Å²) < 4.78 is 9.25. The first-order chi connectivity index (χ1) is 16.0. The molecule has 2 fully saturated rings.